The molecule has 0 saturated carbocycles. The van der Waals surface area contributed by atoms with Gasteiger partial charge in [0, 0.05) is 52.0 Å². The molecule has 0 bridgehead atoms. The summed E-state index contributed by atoms with van der Waals surface area (Å²) < 4.78 is 0. The van der Waals surface area contributed by atoms with Crippen molar-refractivity contribution in [2.45, 2.75) is 19.0 Å². The van der Waals surface area contributed by atoms with Gasteiger partial charge in [-0.05, 0) is 28.5 Å². The molecule has 3 aromatic rings. The molecular formula is C26H29N5O2. The fraction of sp³-hybridized carbons (Fsp3) is 0.346. The van der Waals surface area contributed by atoms with Crippen molar-refractivity contribution in [1.82, 2.24) is 20.1 Å². The lowest BCUT2D eigenvalue weighted by Gasteiger charge is -2.38. The molecule has 2 aromatic carbocycles. The van der Waals surface area contributed by atoms with E-state index in [4.69, 9.17) is 0 Å². The van der Waals surface area contributed by atoms with E-state index < -0.39 is 6.04 Å². The first-order chi connectivity index (χ1) is 16.2. The van der Waals surface area contributed by atoms with Crippen molar-refractivity contribution in [3.8, 4) is 0 Å². The number of rotatable bonds is 5. The molecule has 2 aliphatic heterocycles. The van der Waals surface area contributed by atoms with Crippen molar-refractivity contribution in [1.29, 1.82) is 0 Å². The Morgan fingerprint density at radius 1 is 0.939 bits per heavy atom. The van der Waals surface area contributed by atoms with E-state index >= 15 is 0 Å². The molecule has 7 nitrogen and oxygen atoms in total. The van der Waals surface area contributed by atoms with Crippen LogP contribution in [0.25, 0.3) is 10.8 Å². The van der Waals surface area contributed by atoms with Crippen LogP contribution in [0.2, 0.25) is 0 Å². The van der Waals surface area contributed by atoms with Crippen LogP contribution in [0.5, 0.6) is 0 Å². The van der Waals surface area contributed by atoms with Crippen LogP contribution in [-0.4, -0.2) is 71.9 Å². The summed E-state index contributed by atoms with van der Waals surface area (Å²) in [6.45, 7) is 4.79. The van der Waals surface area contributed by atoms with Gasteiger partial charge in [0.25, 0.3) is 0 Å². The zero-order chi connectivity index (χ0) is 22.6. The molecule has 7 heteroatoms. The third-order valence-corrected chi connectivity index (χ3v) is 6.67. The van der Waals surface area contributed by atoms with E-state index in [1.807, 2.05) is 35.2 Å². The monoisotopic (exact) mass is 443 g/mol. The van der Waals surface area contributed by atoms with E-state index in [1.54, 1.807) is 6.20 Å². The number of carbonyl (C=O) groups is 2. The number of amides is 2. The minimum atomic E-state index is -0.445. The van der Waals surface area contributed by atoms with Gasteiger partial charge in [-0.25, -0.2) is 4.98 Å². The Labute approximate surface area is 194 Å². The van der Waals surface area contributed by atoms with Crippen LogP contribution in [0, 0.1) is 0 Å². The summed E-state index contributed by atoms with van der Waals surface area (Å²) in [6.07, 6.45) is 2.00. The van der Waals surface area contributed by atoms with Gasteiger partial charge in [0.2, 0.25) is 11.8 Å². The summed E-state index contributed by atoms with van der Waals surface area (Å²) in [4.78, 5) is 36.6. The molecule has 1 N–H and O–H groups in total. The number of nitrogens with one attached hydrogen (secondary N) is 1. The second-order valence-corrected chi connectivity index (χ2v) is 8.68. The van der Waals surface area contributed by atoms with Gasteiger partial charge in [-0.1, -0.05) is 48.5 Å². The van der Waals surface area contributed by atoms with E-state index in [0.717, 1.165) is 25.5 Å². The van der Waals surface area contributed by atoms with Gasteiger partial charge in [-0.3, -0.25) is 14.5 Å². The Hall–Kier alpha value is -3.45. The second-order valence-electron chi connectivity index (χ2n) is 8.68. The zero-order valence-corrected chi connectivity index (χ0v) is 18.7. The average Bonchev–Trinajstić information content (AvgIpc) is 2.87. The molecule has 2 amide bonds. The third-order valence-electron chi connectivity index (χ3n) is 6.67. The van der Waals surface area contributed by atoms with E-state index in [9.17, 15) is 9.59 Å². The SMILES string of the molecule is O=C1NCCN(Cc2cccc3ccccc23)[C@@H]1CC(=O)N1CCN(c2ccccn2)CC1. The molecule has 33 heavy (non-hydrogen) atoms. The number of nitrogens with zero attached hydrogens (tertiary/aromatic N) is 4. The fourth-order valence-electron chi connectivity index (χ4n) is 4.84. The van der Waals surface area contributed by atoms with Crippen molar-refractivity contribution < 1.29 is 9.59 Å². The minimum Gasteiger partial charge on any atom is -0.353 e. The van der Waals surface area contributed by atoms with Crippen molar-refractivity contribution in [3.63, 3.8) is 0 Å². The molecular weight excluding hydrogens is 414 g/mol. The van der Waals surface area contributed by atoms with Crippen molar-refractivity contribution >= 4 is 28.4 Å². The van der Waals surface area contributed by atoms with Gasteiger partial charge in [0.05, 0.1) is 12.5 Å². The number of piperazine rings is 2. The van der Waals surface area contributed by atoms with Gasteiger partial charge in [-0.15, -0.1) is 0 Å². The highest BCUT2D eigenvalue weighted by Gasteiger charge is 2.34. The van der Waals surface area contributed by atoms with Crippen LogP contribution >= 0.6 is 0 Å². The Bertz CT molecular complexity index is 1120. The predicted octanol–water partition coefficient (Wildman–Crippen LogP) is 2.27. The Balaban J connectivity index is 1.25. The molecule has 2 aliphatic rings. The molecule has 3 heterocycles. The highest BCUT2D eigenvalue weighted by atomic mass is 16.2. The molecule has 170 valence electrons. The standard InChI is InChI=1S/C26H29N5O2/c32-25(30-16-14-29(15-17-30)24-10-3-4-11-27-24)18-23-26(33)28-12-13-31(23)19-21-8-5-7-20-6-1-2-9-22(20)21/h1-11,23H,12-19H2,(H,28,33)/t23-/m1/s1. The molecule has 0 spiro atoms. The maximum Gasteiger partial charge on any atom is 0.237 e. The van der Waals surface area contributed by atoms with Crippen LogP contribution in [0.3, 0.4) is 0 Å². The largest absolute Gasteiger partial charge is 0.353 e. The Morgan fingerprint density at radius 2 is 1.73 bits per heavy atom. The maximum absolute atomic E-state index is 13.2. The van der Waals surface area contributed by atoms with E-state index in [1.165, 1.54) is 16.3 Å². The van der Waals surface area contributed by atoms with Crippen molar-refractivity contribution in [3.05, 3.63) is 72.4 Å². The van der Waals surface area contributed by atoms with Gasteiger partial charge >= 0.3 is 0 Å². The van der Waals surface area contributed by atoms with Gasteiger partial charge in [-0.2, -0.15) is 0 Å². The van der Waals surface area contributed by atoms with Gasteiger partial charge < -0.3 is 15.1 Å². The topological polar surface area (TPSA) is 68.8 Å². The highest BCUT2D eigenvalue weighted by molar-refractivity contribution is 5.89. The number of fused-ring (bicyclic) bond motifs is 1. The summed E-state index contributed by atoms with van der Waals surface area (Å²) in [5.41, 5.74) is 1.18. The molecule has 1 aromatic heterocycles. The lowest BCUT2D eigenvalue weighted by Crippen LogP contribution is -2.57. The van der Waals surface area contributed by atoms with Crippen LogP contribution in [-0.2, 0) is 16.1 Å². The summed E-state index contributed by atoms with van der Waals surface area (Å²) >= 11 is 0. The zero-order valence-electron chi connectivity index (χ0n) is 18.7. The average molecular weight is 444 g/mol. The smallest absolute Gasteiger partial charge is 0.237 e. The summed E-state index contributed by atoms with van der Waals surface area (Å²) in [6, 6.07) is 20.0. The Morgan fingerprint density at radius 3 is 2.55 bits per heavy atom. The first-order valence-electron chi connectivity index (χ1n) is 11.6. The first kappa shape index (κ1) is 21.4. The minimum absolute atomic E-state index is 0.0423. The van der Waals surface area contributed by atoms with E-state index in [-0.39, 0.29) is 18.2 Å². The lowest BCUT2D eigenvalue weighted by molar-refractivity contribution is -0.139. The van der Waals surface area contributed by atoms with Crippen LogP contribution in [0.15, 0.2) is 66.9 Å². The molecule has 1 atom stereocenters. The quantitative estimate of drug-likeness (QED) is 0.655. The maximum atomic E-state index is 13.2. The number of anilines is 1. The molecule has 0 aliphatic carbocycles. The van der Waals surface area contributed by atoms with E-state index in [0.29, 0.717) is 26.2 Å². The Kier molecular flexibility index (Phi) is 6.21. The van der Waals surface area contributed by atoms with Crippen LogP contribution in [0.1, 0.15) is 12.0 Å². The number of carbonyl (C=O) groups excluding carboxylic acids is 2. The number of pyridine rings is 1. The van der Waals surface area contributed by atoms with E-state index in [2.05, 4.69) is 50.4 Å². The third kappa shape index (κ3) is 4.68. The number of hydrogen-bond donors (Lipinski definition) is 1. The predicted molar refractivity (Wildman–Crippen MR) is 129 cm³/mol. The number of benzene rings is 2. The molecule has 2 saturated heterocycles. The summed E-state index contributed by atoms with van der Waals surface area (Å²) in [5, 5.41) is 5.34. The highest BCUT2D eigenvalue weighted by Crippen LogP contribution is 2.23. The molecule has 5 rings (SSSR count). The number of aromatic nitrogens is 1. The normalized spacial score (nSPS) is 19.5. The van der Waals surface area contributed by atoms with Gasteiger partial charge in [0.1, 0.15) is 5.82 Å². The number of hydrogen-bond acceptors (Lipinski definition) is 5. The summed E-state index contributed by atoms with van der Waals surface area (Å²) in [7, 11) is 0. The molecule has 2 fully saturated rings. The van der Waals surface area contributed by atoms with Crippen LogP contribution < -0.4 is 10.2 Å². The molecule has 0 unspecified atom stereocenters. The lowest BCUT2D eigenvalue weighted by atomic mass is 10.0. The van der Waals surface area contributed by atoms with Crippen molar-refractivity contribution in [2.24, 2.45) is 0 Å². The van der Waals surface area contributed by atoms with Crippen LogP contribution in [0.4, 0.5) is 5.82 Å². The summed E-state index contributed by atoms with van der Waals surface area (Å²) in [5.74, 6) is 0.931. The first-order valence-corrected chi connectivity index (χ1v) is 11.6. The van der Waals surface area contributed by atoms with Crippen molar-refractivity contribution in [2.75, 3.05) is 44.2 Å². The second kappa shape index (κ2) is 9.58. The fourth-order valence-corrected chi connectivity index (χ4v) is 4.84. The molecule has 0 radical (unpaired) electrons. The van der Waals surface area contributed by atoms with Gasteiger partial charge in [0.15, 0.2) is 0 Å².